The first-order chi connectivity index (χ1) is 10.6. The minimum atomic E-state index is -0.305. The number of halogens is 1. The highest BCUT2D eigenvalue weighted by Crippen LogP contribution is 2.32. The number of hydrogen-bond donors (Lipinski definition) is 0. The fourth-order valence-electron chi connectivity index (χ4n) is 2.38. The Morgan fingerprint density at radius 3 is 2.64 bits per heavy atom. The Bertz CT molecular complexity index is 620. The van der Waals surface area contributed by atoms with E-state index in [0.29, 0.717) is 24.5 Å². The van der Waals surface area contributed by atoms with Gasteiger partial charge < -0.3 is 14.4 Å². The SMILES string of the molecule is C=C1C(C)=CC=C(c2ccc(OCCOC)cc2F)N1CC. The molecule has 0 saturated carbocycles. The molecule has 0 amide bonds. The van der Waals surface area contributed by atoms with E-state index in [1.54, 1.807) is 19.2 Å². The Balaban J connectivity index is 2.27. The maximum atomic E-state index is 14.4. The van der Waals surface area contributed by atoms with Gasteiger partial charge in [-0.15, -0.1) is 0 Å². The topological polar surface area (TPSA) is 21.7 Å². The van der Waals surface area contributed by atoms with Crippen LogP contribution in [0, 0.1) is 5.82 Å². The van der Waals surface area contributed by atoms with Crippen molar-refractivity contribution in [1.29, 1.82) is 0 Å². The summed E-state index contributed by atoms with van der Waals surface area (Å²) in [6.45, 7) is 9.72. The molecule has 3 nitrogen and oxygen atoms in total. The van der Waals surface area contributed by atoms with Crippen molar-refractivity contribution in [2.75, 3.05) is 26.9 Å². The third-order valence-electron chi connectivity index (χ3n) is 3.65. The van der Waals surface area contributed by atoms with Crippen molar-refractivity contribution in [3.8, 4) is 5.75 Å². The first-order valence-corrected chi connectivity index (χ1v) is 7.35. The quantitative estimate of drug-likeness (QED) is 0.742. The molecule has 0 atom stereocenters. The molecule has 0 N–H and O–H groups in total. The summed E-state index contributed by atoms with van der Waals surface area (Å²) in [7, 11) is 1.60. The van der Waals surface area contributed by atoms with E-state index in [4.69, 9.17) is 9.47 Å². The highest BCUT2D eigenvalue weighted by atomic mass is 19.1. The molecule has 0 saturated heterocycles. The van der Waals surface area contributed by atoms with Gasteiger partial charge in [0.2, 0.25) is 0 Å². The van der Waals surface area contributed by atoms with Crippen molar-refractivity contribution >= 4 is 5.70 Å². The van der Waals surface area contributed by atoms with Gasteiger partial charge in [-0.3, -0.25) is 0 Å². The van der Waals surface area contributed by atoms with Crippen LogP contribution in [0.5, 0.6) is 5.75 Å². The van der Waals surface area contributed by atoms with Crippen LogP contribution in [0.15, 0.2) is 48.2 Å². The van der Waals surface area contributed by atoms with Crippen LogP contribution in [0.1, 0.15) is 19.4 Å². The average Bonchev–Trinajstić information content (AvgIpc) is 2.51. The summed E-state index contributed by atoms with van der Waals surface area (Å²) in [6.07, 6.45) is 3.89. The number of methoxy groups -OCH3 is 1. The molecule has 1 aliphatic heterocycles. The van der Waals surface area contributed by atoms with Crippen LogP contribution in [0.2, 0.25) is 0 Å². The second-order valence-corrected chi connectivity index (χ2v) is 5.08. The van der Waals surface area contributed by atoms with Crippen molar-refractivity contribution < 1.29 is 13.9 Å². The number of nitrogens with zero attached hydrogens (tertiary/aromatic N) is 1. The number of rotatable bonds is 6. The molecule has 0 bridgehead atoms. The standard InChI is InChI=1S/C18H22FNO2/c1-5-20-14(3)13(2)6-9-18(20)16-8-7-15(12-17(16)19)22-11-10-21-4/h6-9,12H,3,5,10-11H2,1-2,4H3. The summed E-state index contributed by atoms with van der Waals surface area (Å²) in [6, 6.07) is 4.93. The molecule has 2 rings (SSSR count). The molecule has 0 aromatic heterocycles. The molecule has 1 aliphatic rings. The second kappa shape index (κ2) is 7.27. The van der Waals surface area contributed by atoms with E-state index in [2.05, 4.69) is 6.58 Å². The van der Waals surface area contributed by atoms with Crippen molar-refractivity contribution in [3.05, 3.63) is 59.6 Å². The lowest BCUT2D eigenvalue weighted by atomic mass is 10.0. The molecule has 22 heavy (non-hydrogen) atoms. The molecule has 0 unspecified atom stereocenters. The van der Waals surface area contributed by atoms with Crippen LogP contribution in [0.25, 0.3) is 5.70 Å². The molecular formula is C18H22FNO2. The van der Waals surface area contributed by atoms with Gasteiger partial charge in [-0.2, -0.15) is 0 Å². The molecule has 0 radical (unpaired) electrons. The number of likely N-dealkylation sites (N-methyl/N-ethyl adjacent to an activating group) is 1. The zero-order valence-corrected chi connectivity index (χ0v) is 13.4. The fraction of sp³-hybridized carbons (Fsp3) is 0.333. The lowest BCUT2D eigenvalue weighted by Crippen LogP contribution is -2.23. The molecular weight excluding hydrogens is 281 g/mol. The Labute approximate surface area is 131 Å². The highest BCUT2D eigenvalue weighted by molar-refractivity contribution is 5.71. The molecule has 1 aromatic rings. The normalized spacial score (nSPS) is 14.7. The largest absolute Gasteiger partial charge is 0.491 e. The van der Waals surface area contributed by atoms with E-state index in [9.17, 15) is 4.39 Å². The number of allylic oxidation sites excluding steroid dienone is 3. The van der Waals surface area contributed by atoms with Crippen LogP contribution in [-0.4, -0.2) is 31.8 Å². The van der Waals surface area contributed by atoms with Crippen molar-refractivity contribution in [1.82, 2.24) is 4.90 Å². The molecule has 4 heteroatoms. The zero-order chi connectivity index (χ0) is 16.1. The van der Waals surface area contributed by atoms with Gasteiger partial charge in [-0.25, -0.2) is 4.39 Å². The van der Waals surface area contributed by atoms with Crippen LogP contribution in [0.4, 0.5) is 4.39 Å². The molecule has 0 fully saturated rings. The Morgan fingerprint density at radius 1 is 1.23 bits per heavy atom. The summed E-state index contributed by atoms with van der Waals surface area (Å²) in [5.41, 5.74) is 3.36. The highest BCUT2D eigenvalue weighted by Gasteiger charge is 2.20. The minimum Gasteiger partial charge on any atom is -0.491 e. The van der Waals surface area contributed by atoms with Gasteiger partial charge in [-0.05, 0) is 37.6 Å². The van der Waals surface area contributed by atoms with E-state index < -0.39 is 0 Å². The second-order valence-electron chi connectivity index (χ2n) is 5.08. The average molecular weight is 303 g/mol. The fourth-order valence-corrected chi connectivity index (χ4v) is 2.38. The van der Waals surface area contributed by atoms with E-state index in [1.165, 1.54) is 6.07 Å². The number of hydrogen-bond acceptors (Lipinski definition) is 3. The molecule has 1 aromatic carbocycles. The Morgan fingerprint density at radius 2 is 2.00 bits per heavy atom. The smallest absolute Gasteiger partial charge is 0.136 e. The summed E-state index contributed by atoms with van der Waals surface area (Å²) in [5, 5.41) is 0. The summed E-state index contributed by atoms with van der Waals surface area (Å²) < 4.78 is 24.8. The lowest BCUT2D eigenvalue weighted by molar-refractivity contribution is 0.146. The molecule has 0 aliphatic carbocycles. The maximum Gasteiger partial charge on any atom is 0.136 e. The first-order valence-electron chi connectivity index (χ1n) is 7.35. The maximum absolute atomic E-state index is 14.4. The summed E-state index contributed by atoms with van der Waals surface area (Å²) >= 11 is 0. The third-order valence-corrected chi connectivity index (χ3v) is 3.65. The van der Waals surface area contributed by atoms with Gasteiger partial charge in [0.25, 0.3) is 0 Å². The van der Waals surface area contributed by atoms with Crippen LogP contribution in [0.3, 0.4) is 0 Å². The van der Waals surface area contributed by atoms with Gasteiger partial charge in [0.15, 0.2) is 0 Å². The number of ether oxygens (including phenoxy) is 2. The van der Waals surface area contributed by atoms with Crippen molar-refractivity contribution in [2.45, 2.75) is 13.8 Å². The minimum absolute atomic E-state index is 0.305. The van der Waals surface area contributed by atoms with E-state index in [1.807, 2.05) is 30.9 Å². The summed E-state index contributed by atoms with van der Waals surface area (Å²) in [4.78, 5) is 2.01. The van der Waals surface area contributed by atoms with Crippen LogP contribution in [-0.2, 0) is 4.74 Å². The molecule has 0 spiro atoms. The van der Waals surface area contributed by atoms with E-state index >= 15 is 0 Å². The van der Waals surface area contributed by atoms with Crippen LogP contribution >= 0.6 is 0 Å². The summed E-state index contributed by atoms with van der Waals surface area (Å²) in [5.74, 6) is 0.198. The first kappa shape index (κ1) is 16.3. The van der Waals surface area contributed by atoms with Gasteiger partial charge in [0.05, 0.1) is 12.3 Å². The monoisotopic (exact) mass is 303 g/mol. The lowest BCUT2D eigenvalue weighted by Gasteiger charge is -2.31. The van der Waals surface area contributed by atoms with Crippen molar-refractivity contribution in [2.24, 2.45) is 0 Å². The zero-order valence-electron chi connectivity index (χ0n) is 13.4. The third kappa shape index (κ3) is 3.39. The molecule has 118 valence electrons. The van der Waals surface area contributed by atoms with Crippen molar-refractivity contribution in [3.63, 3.8) is 0 Å². The van der Waals surface area contributed by atoms with Gasteiger partial charge in [-0.1, -0.05) is 12.7 Å². The van der Waals surface area contributed by atoms with Crippen LogP contribution < -0.4 is 4.74 Å². The predicted octanol–water partition coefficient (Wildman–Crippen LogP) is 3.99. The predicted molar refractivity (Wildman–Crippen MR) is 87.0 cm³/mol. The van der Waals surface area contributed by atoms with Gasteiger partial charge in [0.1, 0.15) is 18.2 Å². The Kier molecular flexibility index (Phi) is 5.39. The van der Waals surface area contributed by atoms with Gasteiger partial charge >= 0.3 is 0 Å². The molecule has 1 heterocycles. The van der Waals surface area contributed by atoms with Gasteiger partial charge in [0, 0.05) is 31.0 Å². The Hall–Kier alpha value is -2.07. The van der Waals surface area contributed by atoms with E-state index in [0.717, 1.165) is 23.5 Å². The van der Waals surface area contributed by atoms with E-state index in [-0.39, 0.29) is 5.82 Å². The number of benzene rings is 1.